The van der Waals surface area contributed by atoms with Gasteiger partial charge in [0.1, 0.15) is 11.8 Å². The topological polar surface area (TPSA) is 86.2 Å². The third kappa shape index (κ3) is 4.18. The van der Waals surface area contributed by atoms with E-state index in [1.54, 1.807) is 54.6 Å². The van der Waals surface area contributed by atoms with E-state index in [-0.39, 0.29) is 18.1 Å². The second-order valence-corrected chi connectivity index (χ2v) is 6.81. The molecular formula is C20H15Cl3N2O3. The lowest BCUT2D eigenvalue weighted by Crippen LogP contribution is -2.39. The second kappa shape index (κ2) is 8.71. The van der Waals surface area contributed by atoms with Gasteiger partial charge in [-0.2, -0.15) is 0 Å². The predicted octanol–water partition coefficient (Wildman–Crippen LogP) is 5.39. The standard InChI is InChI=1S/C20H14Cl2N2O3.ClH/c21-18-9-8-16(11-19(18)22)20(23,12-25)15-6-4-13(5-7-15)14-2-1-3-17(10-14)24(26)27;/h1-12H,23H2;1H. The van der Waals surface area contributed by atoms with Gasteiger partial charge in [0, 0.05) is 12.1 Å². The SMILES string of the molecule is Cl.NC(C=O)(c1ccc(-c2cccc([N+](=O)[O-])c2)cc1)c1ccc(Cl)c(Cl)c1. The molecule has 0 bridgehead atoms. The first kappa shape index (κ1) is 21.9. The fourth-order valence-electron chi connectivity index (χ4n) is 2.79. The molecule has 0 aromatic heterocycles. The highest BCUT2D eigenvalue weighted by molar-refractivity contribution is 6.42. The van der Waals surface area contributed by atoms with Crippen molar-refractivity contribution in [2.24, 2.45) is 5.73 Å². The first-order chi connectivity index (χ1) is 12.8. The van der Waals surface area contributed by atoms with Gasteiger partial charge < -0.3 is 10.5 Å². The summed E-state index contributed by atoms with van der Waals surface area (Å²) >= 11 is 12.0. The number of nitro benzene ring substituents is 1. The van der Waals surface area contributed by atoms with Crippen molar-refractivity contribution in [2.75, 3.05) is 0 Å². The van der Waals surface area contributed by atoms with Crippen molar-refractivity contribution in [2.45, 2.75) is 5.54 Å². The van der Waals surface area contributed by atoms with Gasteiger partial charge in [-0.3, -0.25) is 10.1 Å². The van der Waals surface area contributed by atoms with E-state index < -0.39 is 10.5 Å². The van der Waals surface area contributed by atoms with Crippen molar-refractivity contribution in [1.82, 2.24) is 0 Å². The molecule has 8 heteroatoms. The Hall–Kier alpha value is -2.44. The van der Waals surface area contributed by atoms with E-state index >= 15 is 0 Å². The zero-order chi connectivity index (χ0) is 19.6. The molecule has 0 radical (unpaired) electrons. The highest BCUT2D eigenvalue weighted by atomic mass is 35.5. The van der Waals surface area contributed by atoms with Crippen LogP contribution in [0.3, 0.4) is 0 Å². The van der Waals surface area contributed by atoms with Gasteiger partial charge in [-0.1, -0.05) is 65.7 Å². The summed E-state index contributed by atoms with van der Waals surface area (Å²) in [7, 11) is 0. The van der Waals surface area contributed by atoms with Crippen LogP contribution in [-0.4, -0.2) is 11.2 Å². The van der Waals surface area contributed by atoms with Crippen molar-refractivity contribution < 1.29 is 9.72 Å². The molecule has 0 saturated carbocycles. The second-order valence-electron chi connectivity index (χ2n) is 6.00. The summed E-state index contributed by atoms with van der Waals surface area (Å²) in [5.41, 5.74) is 7.50. The van der Waals surface area contributed by atoms with Gasteiger partial charge in [0.2, 0.25) is 0 Å². The molecule has 1 atom stereocenters. The largest absolute Gasteiger partial charge is 0.312 e. The average molecular weight is 438 g/mol. The molecule has 3 rings (SSSR count). The van der Waals surface area contributed by atoms with Gasteiger partial charge in [0.25, 0.3) is 5.69 Å². The molecular weight excluding hydrogens is 423 g/mol. The van der Waals surface area contributed by atoms with E-state index in [0.29, 0.717) is 33.0 Å². The number of hydrogen-bond acceptors (Lipinski definition) is 4. The van der Waals surface area contributed by atoms with Gasteiger partial charge >= 0.3 is 0 Å². The van der Waals surface area contributed by atoms with Crippen LogP contribution in [0.4, 0.5) is 5.69 Å². The summed E-state index contributed by atoms with van der Waals surface area (Å²) in [5.74, 6) is 0. The van der Waals surface area contributed by atoms with Gasteiger partial charge in [-0.05, 0) is 34.4 Å². The molecule has 0 aliphatic carbocycles. The van der Waals surface area contributed by atoms with Crippen LogP contribution in [0.15, 0.2) is 66.7 Å². The molecule has 0 spiro atoms. The Kier molecular flexibility index (Phi) is 6.80. The Labute approximate surface area is 177 Å². The third-order valence-corrected chi connectivity index (χ3v) is 5.08. The Balaban J connectivity index is 0.00000280. The molecule has 3 aromatic carbocycles. The molecule has 28 heavy (non-hydrogen) atoms. The normalized spacial score (nSPS) is 12.5. The number of nitrogens with two attached hydrogens (primary N) is 1. The molecule has 3 aromatic rings. The fraction of sp³-hybridized carbons (Fsp3) is 0.0500. The predicted molar refractivity (Wildman–Crippen MR) is 113 cm³/mol. The van der Waals surface area contributed by atoms with Gasteiger partial charge in [0.05, 0.1) is 15.0 Å². The summed E-state index contributed by atoms with van der Waals surface area (Å²) in [4.78, 5) is 22.3. The first-order valence-electron chi connectivity index (χ1n) is 7.91. The third-order valence-electron chi connectivity index (χ3n) is 4.34. The first-order valence-corrected chi connectivity index (χ1v) is 8.67. The Bertz CT molecular complexity index is 1030. The molecule has 2 N–H and O–H groups in total. The van der Waals surface area contributed by atoms with Crippen molar-refractivity contribution in [1.29, 1.82) is 0 Å². The lowest BCUT2D eigenvalue weighted by atomic mass is 9.84. The van der Waals surface area contributed by atoms with E-state index in [2.05, 4.69) is 0 Å². The minimum Gasteiger partial charge on any atom is -0.312 e. The summed E-state index contributed by atoms with van der Waals surface area (Å²) in [5, 5.41) is 11.6. The van der Waals surface area contributed by atoms with Crippen LogP contribution in [0.25, 0.3) is 11.1 Å². The number of aldehydes is 1. The van der Waals surface area contributed by atoms with Crippen LogP contribution in [0.2, 0.25) is 10.0 Å². The molecule has 0 aliphatic heterocycles. The van der Waals surface area contributed by atoms with Crippen molar-refractivity contribution in [3.8, 4) is 11.1 Å². The maximum atomic E-state index is 11.8. The molecule has 0 amide bonds. The number of hydrogen-bond donors (Lipinski definition) is 1. The zero-order valence-electron chi connectivity index (χ0n) is 14.3. The lowest BCUT2D eigenvalue weighted by molar-refractivity contribution is -0.384. The summed E-state index contributed by atoms with van der Waals surface area (Å²) < 4.78 is 0. The number of nitro groups is 1. The van der Waals surface area contributed by atoms with Crippen molar-refractivity contribution in [3.05, 3.63) is 98.0 Å². The van der Waals surface area contributed by atoms with E-state index in [1.807, 2.05) is 0 Å². The quantitative estimate of drug-likeness (QED) is 0.329. The van der Waals surface area contributed by atoms with Crippen molar-refractivity contribution in [3.63, 3.8) is 0 Å². The highest BCUT2D eigenvalue weighted by Gasteiger charge is 2.30. The lowest BCUT2D eigenvalue weighted by Gasteiger charge is -2.25. The number of carbonyl (C=O) groups is 1. The molecule has 0 fully saturated rings. The van der Waals surface area contributed by atoms with Crippen LogP contribution in [-0.2, 0) is 10.3 Å². The van der Waals surface area contributed by atoms with Crippen LogP contribution >= 0.6 is 35.6 Å². The molecule has 5 nitrogen and oxygen atoms in total. The van der Waals surface area contributed by atoms with Crippen LogP contribution in [0.5, 0.6) is 0 Å². The zero-order valence-corrected chi connectivity index (χ0v) is 16.7. The molecule has 0 aliphatic rings. The summed E-state index contributed by atoms with van der Waals surface area (Å²) in [6, 6.07) is 18.1. The summed E-state index contributed by atoms with van der Waals surface area (Å²) in [6.07, 6.45) is 0.648. The minimum absolute atomic E-state index is 0. The Morgan fingerprint density at radius 2 is 1.54 bits per heavy atom. The van der Waals surface area contributed by atoms with Gasteiger partial charge in [-0.25, -0.2) is 0 Å². The molecule has 1 unspecified atom stereocenters. The number of rotatable bonds is 5. The summed E-state index contributed by atoms with van der Waals surface area (Å²) in [6.45, 7) is 0. The molecule has 0 saturated heterocycles. The van der Waals surface area contributed by atoms with E-state index in [4.69, 9.17) is 28.9 Å². The van der Waals surface area contributed by atoms with E-state index in [1.165, 1.54) is 12.1 Å². The highest BCUT2D eigenvalue weighted by Crippen LogP contribution is 2.32. The van der Waals surface area contributed by atoms with Gasteiger partial charge in [0.15, 0.2) is 0 Å². The van der Waals surface area contributed by atoms with Crippen LogP contribution < -0.4 is 5.73 Å². The minimum atomic E-state index is -1.39. The monoisotopic (exact) mass is 436 g/mol. The fourth-order valence-corrected chi connectivity index (χ4v) is 3.09. The van der Waals surface area contributed by atoms with Crippen molar-refractivity contribution >= 4 is 47.6 Å². The maximum absolute atomic E-state index is 11.8. The smallest absolute Gasteiger partial charge is 0.270 e. The van der Waals surface area contributed by atoms with Crippen LogP contribution in [0, 0.1) is 10.1 Å². The van der Waals surface area contributed by atoms with E-state index in [9.17, 15) is 14.9 Å². The number of halogens is 3. The molecule has 0 heterocycles. The number of benzene rings is 3. The van der Waals surface area contributed by atoms with Crippen LogP contribution in [0.1, 0.15) is 11.1 Å². The van der Waals surface area contributed by atoms with Gasteiger partial charge in [-0.15, -0.1) is 12.4 Å². The number of non-ortho nitro benzene ring substituents is 1. The average Bonchev–Trinajstić information content (AvgIpc) is 2.69. The van der Waals surface area contributed by atoms with E-state index in [0.717, 1.165) is 5.56 Å². The Morgan fingerprint density at radius 3 is 2.11 bits per heavy atom. The maximum Gasteiger partial charge on any atom is 0.270 e. The number of nitrogens with zero attached hydrogens (tertiary/aromatic N) is 1. The molecule has 144 valence electrons. The number of carbonyl (C=O) groups excluding carboxylic acids is 1. The Morgan fingerprint density at radius 1 is 0.893 bits per heavy atom.